The summed E-state index contributed by atoms with van der Waals surface area (Å²) < 4.78 is 0. The molecule has 0 spiro atoms. The molecule has 120 valence electrons. The number of aliphatic carboxylic acids is 1. The zero-order valence-electron chi connectivity index (χ0n) is 12.4. The second-order valence-corrected chi connectivity index (χ2v) is 6.22. The predicted molar refractivity (Wildman–Crippen MR) is 87.6 cm³/mol. The van der Waals surface area contributed by atoms with Gasteiger partial charge in [0.15, 0.2) is 0 Å². The Hall–Kier alpha value is -2.38. The van der Waals surface area contributed by atoms with Crippen molar-refractivity contribution < 1.29 is 14.8 Å². The zero-order chi connectivity index (χ0) is 17.0. The molecule has 0 fully saturated rings. The number of benzene rings is 2. The van der Waals surface area contributed by atoms with E-state index in [2.05, 4.69) is 0 Å². The van der Waals surface area contributed by atoms with Crippen molar-refractivity contribution in [2.24, 2.45) is 5.73 Å². The highest BCUT2D eigenvalue weighted by Crippen LogP contribution is 2.36. The van der Waals surface area contributed by atoms with Gasteiger partial charge in [-0.2, -0.15) is 0 Å². The summed E-state index contributed by atoms with van der Waals surface area (Å²) in [5.74, 6) is -1.04. The molecule has 0 amide bonds. The number of carbonyl (C=O) groups is 1. The lowest BCUT2D eigenvalue weighted by Crippen LogP contribution is -2.15. The van der Waals surface area contributed by atoms with Crippen LogP contribution in [0.5, 0.6) is 0 Å². The number of nitrogens with two attached hydrogens (primary N) is 1. The SMILES string of the molecule is Cc1ccc(Sc2ccc(C(N)CC(=O)O)cc2[N+](=O)[O-])cc1. The molecule has 23 heavy (non-hydrogen) atoms. The summed E-state index contributed by atoms with van der Waals surface area (Å²) in [6, 6.07) is 11.5. The Balaban J connectivity index is 2.31. The van der Waals surface area contributed by atoms with Crippen molar-refractivity contribution in [3.8, 4) is 0 Å². The molecule has 2 rings (SSSR count). The van der Waals surface area contributed by atoms with E-state index in [-0.39, 0.29) is 12.1 Å². The van der Waals surface area contributed by atoms with Crippen molar-refractivity contribution in [3.63, 3.8) is 0 Å². The lowest BCUT2D eigenvalue weighted by atomic mass is 10.0. The molecule has 0 saturated heterocycles. The molecule has 0 heterocycles. The quantitative estimate of drug-likeness (QED) is 0.619. The Bertz CT molecular complexity index is 731. The summed E-state index contributed by atoms with van der Waals surface area (Å²) in [7, 11) is 0. The monoisotopic (exact) mass is 332 g/mol. The van der Waals surface area contributed by atoms with Gasteiger partial charge in [0.1, 0.15) is 0 Å². The van der Waals surface area contributed by atoms with Crippen LogP contribution in [0.1, 0.15) is 23.6 Å². The first-order valence-electron chi connectivity index (χ1n) is 6.87. The summed E-state index contributed by atoms with van der Waals surface area (Å²) in [5.41, 5.74) is 7.25. The Morgan fingerprint density at radius 3 is 2.52 bits per heavy atom. The van der Waals surface area contributed by atoms with Crippen LogP contribution in [0.25, 0.3) is 0 Å². The second-order valence-electron chi connectivity index (χ2n) is 5.10. The topological polar surface area (TPSA) is 106 Å². The van der Waals surface area contributed by atoms with Crippen LogP contribution in [-0.4, -0.2) is 16.0 Å². The number of nitro groups is 1. The van der Waals surface area contributed by atoms with Crippen molar-refractivity contribution in [1.82, 2.24) is 0 Å². The van der Waals surface area contributed by atoms with E-state index in [4.69, 9.17) is 10.8 Å². The van der Waals surface area contributed by atoms with Gasteiger partial charge < -0.3 is 10.8 Å². The van der Waals surface area contributed by atoms with E-state index < -0.39 is 16.9 Å². The molecule has 0 saturated carbocycles. The minimum atomic E-state index is -1.04. The molecular weight excluding hydrogens is 316 g/mol. The third-order valence-corrected chi connectivity index (χ3v) is 4.32. The van der Waals surface area contributed by atoms with Crippen LogP contribution >= 0.6 is 11.8 Å². The number of aryl methyl sites for hydroxylation is 1. The van der Waals surface area contributed by atoms with Crippen LogP contribution < -0.4 is 5.73 Å². The molecule has 2 aromatic carbocycles. The van der Waals surface area contributed by atoms with Crippen molar-refractivity contribution >= 4 is 23.4 Å². The normalized spacial score (nSPS) is 11.9. The number of carboxylic acids is 1. The van der Waals surface area contributed by atoms with E-state index in [1.54, 1.807) is 12.1 Å². The van der Waals surface area contributed by atoms with Crippen molar-refractivity contribution in [2.45, 2.75) is 29.2 Å². The number of rotatable bonds is 6. The lowest BCUT2D eigenvalue weighted by Gasteiger charge is -2.11. The van der Waals surface area contributed by atoms with Gasteiger partial charge in [-0.05, 0) is 30.7 Å². The molecule has 0 aliphatic carbocycles. The molecule has 3 N–H and O–H groups in total. The Morgan fingerprint density at radius 1 is 1.30 bits per heavy atom. The minimum Gasteiger partial charge on any atom is -0.481 e. The number of nitro benzene ring substituents is 1. The summed E-state index contributed by atoms with van der Waals surface area (Å²) in [6.45, 7) is 1.97. The molecule has 0 aliphatic rings. The van der Waals surface area contributed by atoms with E-state index in [9.17, 15) is 14.9 Å². The number of hydrogen-bond acceptors (Lipinski definition) is 5. The van der Waals surface area contributed by atoms with Crippen LogP contribution in [0.2, 0.25) is 0 Å². The molecule has 2 aromatic rings. The van der Waals surface area contributed by atoms with Crippen molar-refractivity contribution in [1.29, 1.82) is 0 Å². The lowest BCUT2D eigenvalue weighted by molar-refractivity contribution is -0.387. The van der Waals surface area contributed by atoms with E-state index in [0.717, 1.165) is 10.5 Å². The Labute approximate surface area is 137 Å². The van der Waals surface area contributed by atoms with Gasteiger partial charge in [-0.1, -0.05) is 35.5 Å². The van der Waals surface area contributed by atoms with Gasteiger partial charge in [0, 0.05) is 17.0 Å². The molecular formula is C16H16N2O4S. The van der Waals surface area contributed by atoms with Gasteiger partial charge >= 0.3 is 5.97 Å². The fraction of sp³-hybridized carbons (Fsp3) is 0.188. The summed E-state index contributed by atoms with van der Waals surface area (Å²) >= 11 is 1.29. The van der Waals surface area contributed by atoms with E-state index >= 15 is 0 Å². The summed E-state index contributed by atoms with van der Waals surface area (Å²) in [6.07, 6.45) is -0.276. The number of hydrogen-bond donors (Lipinski definition) is 2. The Morgan fingerprint density at radius 2 is 1.96 bits per heavy atom. The molecule has 1 unspecified atom stereocenters. The predicted octanol–water partition coefficient (Wildman–Crippen LogP) is 3.53. The molecule has 0 radical (unpaired) electrons. The van der Waals surface area contributed by atoms with Crippen LogP contribution in [0.15, 0.2) is 52.3 Å². The van der Waals surface area contributed by atoms with Gasteiger partial charge in [-0.3, -0.25) is 14.9 Å². The fourth-order valence-electron chi connectivity index (χ4n) is 2.03. The molecule has 0 aliphatic heterocycles. The van der Waals surface area contributed by atoms with E-state index in [1.807, 2.05) is 31.2 Å². The van der Waals surface area contributed by atoms with Crippen LogP contribution in [0, 0.1) is 17.0 Å². The molecule has 1 atom stereocenters. The van der Waals surface area contributed by atoms with Gasteiger partial charge in [0.05, 0.1) is 16.2 Å². The largest absolute Gasteiger partial charge is 0.481 e. The summed E-state index contributed by atoms with van der Waals surface area (Å²) in [5, 5.41) is 20.1. The minimum absolute atomic E-state index is 0.0751. The maximum atomic E-state index is 11.3. The highest BCUT2D eigenvalue weighted by Gasteiger charge is 2.19. The van der Waals surface area contributed by atoms with Gasteiger partial charge in [-0.15, -0.1) is 0 Å². The first-order valence-corrected chi connectivity index (χ1v) is 7.68. The van der Waals surface area contributed by atoms with Gasteiger partial charge in [0.25, 0.3) is 5.69 Å². The first-order chi connectivity index (χ1) is 10.9. The highest BCUT2D eigenvalue weighted by atomic mass is 32.2. The standard InChI is InChI=1S/C16H16N2O4S/c1-10-2-5-12(6-3-10)23-15-7-4-11(8-14(15)18(21)22)13(17)9-16(19)20/h2-8,13H,9,17H2,1H3,(H,19,20). The fourth-order valence-corrected chi connectivity index (χ4v) is 2.93. The number of carboxylic acid groups (broad SMARTS) is 1. The molecule has 0 aromatic heterocycles. The number of nitrogens with zero attached hydrogens (tertiary/aromatic N) is 1. The smallest absolute Gasteiger partial charge is 0.305 e. The molecule has 6 nitrogen and oxygen atoms in total. The van der Waals surface area contributed by atoms with Crippen LogP contribution in [-0.2, 0) is 4.79 Å². The van der Waals surface area contributed by atoms with E-state index in [1.165, 1.54) is 17.8 Å². The highest BCUT2D eigenvalue weighted by molar-refractivity contribution is 7.99. The van der Waals surface area contributed by atoms with Crippen molar-refractivity contribution in [3.05, 3.63) is 63.7 Å². The van der Waals surface area contributed by atoms with Gasteiger partial charge in [0.2, 0.25) is 0 Å². The first kappa shape index (κ1) is 17.0. The molecule has 7 heteroatoms. The zero-order valence-corrected chi connectivity index (χ0v) is 13.2. The maximum absolute atomic E-state index is 11.3. The van der Waals surface area contributed by atoms with Crippen LogP contribution in [0.3, 0.4) is 0 Å². The third kappa shape index (κ3) is 4.54. The van der Waals surface area contributed by atoms with Crippen molar-refractivity contribution in [2.75, 3.05) is 0 Å². The Kier molecular flexibility index (Phi) is 5.36. The maximum Gasteiger partial charge on any atom is 0.305 e. The van der Waals surface area contributed by atoms with Crippen LogP contribution in [0.4, 0.5) is 5.69 Å². The average molecular weight is 332 g/mol. The molecule has 0 bridgehead atoms. The average Bonchev–Trinajstić information content (AvgIpc) is 2.49. The third-order valence-electron chi connectivity index (χ3n) is 3.25. The van der Waals surface area contributed by atoms with Gasteiger partial charge in [-0.25, -0.2) is 0 Å². The second kappa shape index (κ2) is 7.26. The summed E-state index contributed by atoms with van der Waals surface area (Å²) in [4.78, 5) is 22.9. The van der Waals surface area contributed by atoms with E-state index in [0.29, 0.717) is 10.5 Å².